The van der Waals surface area contributed by atoms with Gasteiger partial charge in [0.1, 0.15) is 11.3 Å². The van der Waals surface area contributed by atoms with Gasteiger partial charge in [0.25, 0.3) is 5.69 Å². The number of hydrogen-bond donors (Lipinski definition) is 0. The van der Waals surface area contributed by atoms with Crippen molar-refractivity contribution in [1.82, 2.24) is 4.98 Å². The number of nitro benzene ring substituents is 1. The molecule has 0 saturated heterocycles. The number of nitro groups is 1. The highest BCUT2D eigenvalue weighted by Crippen LogP contribution is 2.22. The second-order valence-corrected chi connectivity index (χ2v) is 4.56. The van der Waals surface area contributed by atoms with Crippen LogP contribution in [0.3, 0.4) is 0 Å². The van der Waals surface area contributed by atoms with Gasteiger partial charge in [-0.25, -0.2) is 9.78 Å². The van der Waals surface area contributed by atoms with Gasteiger partial charge in [-0.15, -0.1) is 0 Å². The van der Waals surface area contributed by atoms with Gasteiger partial charge >= 0.3 is 5.97 Å². The number of fused-ring (bicyclic) bond motifs is 1. The lowest BCUT2D eigenvalue weighted by Crippen LogP contribution is -2.08. The Morgan fingerprint density at radius 2 is 2.09 bits per heavy atom. The number of carbonyl (C=O) groups is 1. The molecule has 0 N–H and O–H groups in total. The van der Waals surface area contributed by atoms with Crippen molar-refractivity contribution < 1.29 is 18.9 Å². The third-order valence-corrected chi connectivity index (χ3v) is 2.97. The standard InChI is InChI=1S/C15H10N2O5/c1-9-16-13-6-5-12(8-14(13)21-9)22-15(18)10-3-2-4-11(7-10)17(19)20/h2-8H,1H3. The van der Waals surface area contributed by atoms with Crippen molar-refractivity contribution in [2.24, 2.45) is 0 Å². The van der Waals surface area contributed by atoms with Crippen LogP contribution in [0.1, 0.15) is 16.2 Å². The summed E-state index contributed by atoms with van der Waals surface area (Å²) in [6, 6.07) is 10.1. The molecule has 0 saturated carbocycles. The Morgan fingerprint density at radius 3 is 2.86 bits per heavy atom. The molecule has 1 aromatic heterocycles. The van der Waals surface area contributed by atoms with E-state index >= 15 is 0 Å². The first-order chi connectivity index (χ1) is 10.5. The second-order valence-electron chi connectivity index (χ2n) is 4.56. The molecule has 0 aliphatic heterocycles. The third kappa shape index (κ3) is 2.64. The first kappa shape index (κ1) is 13.7. The van der Waals surface area contributed by atoms with Crippen LogP contribution < -0.4 is 4.74 Å². The molecule has 110 valence electrons. The fourth-order valence-electron chi connectivity index (χ4n) is 2.00. The van der Waals surface area contributed by atoms with Gasteiger partial charge in [0.15, 0.2) is 11.5 Å². The van der Waals surface area contributed by atoms with Crippen molar-refractivity contribution in [1.29, 1.82) is 0 Å². The molecule has 2 aromatic carbocycles. The second kappa shape index (κ2) is 5.28. The van der Waals surface area contributed by atoms with Crippen LogP contribution in [0.2, 0.25) is 0 Å². The van der Waals surface area contributed by atoms with E-state index in [0.29, 0.717) is 17.0 Å². The Kier molecular flexibility index (Phi) is 3.30. The summed E-state index contributed by atoms with van der Waals surface area (Å²) < 4.78 is 10.6. The lowest BCUT2D eigenvalue weighted by molar-refractivity contribution is -0.384. The van der Waals surface area contributed by atoms with E-state index in [0.717, 1.165) is 0 Å². The first-order valence-corrected chi connectivity index (χ1v) is 6.37. The summed E-state index contributed by atoms with van der Waals surface area (Å²) in [5.41, 5.74) is 1.09. The molecule has 0 fully saturated rings. The highest BCUT2D eigenvalue weighted by molar-refractivity contribution is 5.92. The number of nitrogens with zero attached hydrogens (tertiary/aromatic N) is 2. The number of carbonyl (C=O) groups excluding carboxylic acids is 1. The summed E-state index contributed by atoms with van der Waals surface area (Å²) in [5.74, 6) is 0.108. The minimum atomic E-state index is -0.681. The molecule has 0 aliphatic carbocycles. The van der Waals surface area contributed by atoms with Crippen molar-refractivity contribution in [3.05, 3.63) is 64.0 Å². The van der Waals surface area contributed by atoms with Crippen molar-refractivity contribution in [2.45, 2.75) is 6.92 Å². The molecule has 0 aliphatic rings. The van der Waals surface area contributed by atoms with E-state index in [-0.39, 0.29) is 17.0 Å². The fourth-order valence-corrected chi connectivity index (χ4v) is 2.00. The van der Waals surface area contributed by atoms with Gasteiger partial charge in [0, 0.05) is 25.1 Å². The zero-order chi connectivity index (χ0) is 15.7. The van der Waals surface area contributed by atoms with Gasteiger partial charge in [-0.3, -0.25) is 10.1 Å². The average molecular weight is 298 g/mol. The SMILES string of the molecule is Cc1nc2ccc(OC(=O)c3cccc([N+](=O)[O-])c3)cc2o1. The molecule has 0 spiro atoms. The highest BCUT2D eigenvalue weighted by Gasteiger charge is 2.14. The van der Waals surface area contributed by atoms with Crippen molar-refractivity contribution in [2.75, 3.05) is 0 Å². The van der Waals surface area contributed by atoms with Gasteiger partial charge < -0.3 is 9.15 Å². The normalized spacial score (nSPS) is 10.6. The largest absolute Gasteiger partial charge is 0.441 e. The number of hydrogen-bond acceptors (Lipinski definition) is 6. The van der Waals surface area contributed by atoms with Crippen molar-refractivity contribution >= 4 is 22.8 Å². The molecule has 3 aromatic rings. The molecule has 0 amide bonds. The Labute approximate surface area is 124 Å². The monoisotopic (exact) mass is 298 g/mol. The maximum absolute atomic E-state index is 12.0. The summed E-state index contributed by atoms with van der Waals surface area (Å²) in [6.07, 6.45) is 0. The summed E-state index contributed by atoms with van der Waals surface area (Å²) >= 11 is 0. The maximum atomic E-state index is 12.0. The molecule has 0 unspecified atom stereocenters. The fraction of sp³-hybridized carbons (Fsp3) is 0.0667. The predicted molar refractivity (Wildman–Crippen MR) is 76.8 cm³/mol. The van der Waals surface area contributed by atoms with Gasteiger partial charge in [-0.2, -0.15) is 0 Å². The summed E-state index contributed by atoms with van der Waals surface area (Å²) in [5, 5.41) is 10.7. The minimum Gasteiger partial charge on any atom is -0.441 e. The number of benzene rings is 2. The zero-order valence-corrected chi connectivity index (χ0v) is 11.5. The number of esters is 1. The van der Waals surface area contributed by atoms with Crippen molar-refractivity contribution in [3.8, 4) is 5.75 Å². The molecular weight excluding hydrogens is 288 g/mol. The topological polar surface area (TPSA) is 95.5 Å². The molecule has 0 radical (unpaired) electrons. The third-order valence-electron chi connectivity index (χ3n) is 2.97. The molecule has 22 heavy (non-hydrogen) atoms. The van der Waals surface area contributed by atoms with Gasteiger partial charge in [0.2, 0.25) is 0 Å². The predicted octanol–water partition coefficient (Wildman–Crippen LogP) is 3.26. The van der Waals surface area contributed by atoms with E-state index in [9.17, 15) is 14.9 Å². The number of non-ortho nitro benzene ring substituents is 1. The Bertz CT molecular complexity index is 885. The van der Waals surface area contributed by atoms with E-state index in [1.165, 1.54) is 24.3 Å². The smallest absolute Gasteiger partial charge is 0.343 e. The molecule has 7 nitrogen and oxygen atoms in total. The maximum Gasteiger partial charge on any atom is 0.343 e. The van der Waals surface area contributed by atoms with Crippen LogP contribution in [0.15, 0.2) is 46.9 Å². The summed E-state index contributed by atoms with van der Waals surface area (Å²) in [4.78, 5) is 26.3. The summed E-state index contributed by atoms with van der Waals surface area (Å²) in [6.45, 7) is 1.72. The van der Waals surface area contributed by atoms with Gasteiger partial charge in [-0.05, 0) is 18.2 Å². The Balaban J connectivity index is 1.86. The Morgan fingerprint density at radius 1 is 1.27 bits per heavy atom. The molecule has 3 rings (SSSR count). The van der Waals surface area contributed by atoms with Crippen LogP contribution >= 0.6 is 0 Å². The van der Waals surface area contributed by atoms with E-state index in [1.807, 2.05) is 0 Å². The number of aryl methyl sites for hydroxylation is 1. The van der Waals surface area contributed by atoms with Crippen LogP contribution in [0.4, 0.5) is 5.69 Å². The van der Waals surface area contributed by atoms with Crippen LogP contribution in [-0.2, 0) is 0 Å². The molecule has 1 heterocycles. The van der Waals surface area contributed by atoms with Gasteiger partial charge in [-0.1, -0.05) is 6.07 Å². The minimum absolute atomic E-state index is 0.100. The molecule has 0 bridgehead atoms. The molecular formula is C15H10N2O5. The quantitative estimate of drug-likeness (QED) is 0.319. The van der Waals surface area contributed by atoms with Crippen LogP contribution in [-0.4, -0.2) is 15.9 Å². The van der Waals surface area contributed by atoms with Crippen LogP contribution in [0.5, 0.6) is 5.75 Å². The average Bonchev–Trinajstić information content (AvgIpc) is 2.86. The first-order valence-electron chi connectivity index (χ1n) is 6.37. The van der Waals surface area contributed by atoms with E-state index in [2.05, 4.69) is 4.98 Å². The lowest BCUT2D eigenvalue weighted by atomic mass is 10.2. The number of ether oxygens (including phenoxy) is 1. The zero-order valence-electron chi connectivity index (χ0n) is 11.5. The van der Waals surface area contributed by atoms with Crippen LogP contribution in [0.25, 0.3) is 11.1 Å². The molecule has 0 atom stereocenters. The van der Waals surface area contributed by atoms with Gasteiger partial charge in [0.05, 0.1) is 10.5 Å². The number of rotatable bonds is 3. The van der Waals surface area contributed by atoms with Crippen molar-refractivity contribution in [3.63, 3.8) is 0 Å². The van der Waals surface area contributed by atoms with E-state index < -0.39 is 10.9 Å². The number of aromatic nitrogens is 1. The van der Waals surface area contributed by atoms with E-state index in [1.54, 1.807) is 25.1 Å². The molecule has 7 heteroatoms. The Hall–Kier alpha value is -3.22. The number of oxazole rings is 1. The summed E-state index contributed by atoms with van der Waals surface area (Å²) in [7, 11) is 0. The lowest BCUT2D eigenvalue weighted by Gasteiger charge is -2.03. The van der Waals surface area contributed by atoms with Crippen LogP contribution in [0, 0.1) is 17.0 Å². The van der Waals surface area contributed by atoms with E-state index in [4.69, 9.17) is 9.15 Å². The highest BCUT2D eigenvalue weighted by atomic mass is 16.6.